The van der Waals surface area contributed by atoms with Crippen molar-refractivity contribution in [3.63, 3.8) is 0 Å². The third-order valence-corrected chi connectivity index (χ3v) is 3.76. The molecule has 0 saturated carbocycles. The van der Waals surface area contributed by atoms with Crippen LogP contribution in [-0.2, 0) is 0 Å². The van der Waals surface area contributed by atoms with Crippen LogP contribution in [0.5, 0.6) is 11.5 Å². The molecular weight excluding hydrogens is 344 g/mol. The Kier molecular flexibility index (Phi) is 6.84. The Morgan fingerprint density at radius 1 is 1.04 bits per heavy atom. The zero-order valence-corrected chi connectivity index (χ0v) is 15.8. The fraction of sp³-hybridized carbons (Fsp3) is 0.238. The van der Waals surface area contributed by atoms with Gasteiger partial charge in [0, 0.05) is 25.2 Å². The Morgan fingerprint density at radius 3 is 2.33 bits per heavy atom. The number of carbonyl (C=O) groups excluding carboxylic acids is 2. The lowest BCUT2D eigenvalue weighted by molar-refractivity contribution is 0.0827. The number of hydrogen-bond acceptors (Lipinski definition) is 4. The van der Waals surface area contributed by atoms with Gasteiger partial charge in [0.25, 0.3) is 11.8 Å². The summed E-state index contributed by atoms with van der Waals surface area (Å²) < 4.78 is 10.5. The number of nitrogens with zero attached hydrogens (tertiary/aromatic N) is 1. The molecular formula is C21H22N2O4. The van der Waals surface area contributed by atoms with Gasteiger partial charge in [0.2, 0.25) is 0 Å². The van der Waals surface area contributed by atoms with E-state index in [1.165, 1.54) is 19.1 Å². The number of nitrogens with one attached hydrogen (secondary N) is 1. The Hall–Kier alpha value is -3.46. The SMILES string of the molecule is COc1cccc(C(=O)NCC#Cc2ccc(C(=O)N(C)C)cc2)c1OC. The number of hydrogen-bond donors (Lipinski definition) is 1. The molecule has 6 nitrogen and oxygen atoms in total. The van der Waals surface area contributed by atoms with Crippen LogP contribution in [0, 0.1) is 11.8 Å². The van der Waals surface area contributed by atoms with Crippen LogP contribution in [0.25, 0.3) is 0 Å². The van der Waals surface area contributed by atoms with Crippen LogP contribution in [0.2, 0.25) is 0 Å². The summed E-state index contributed by atoms with van der Waals surface area (Å²) >= 11 is 0. The van der Waals surface area contributed by atoms with Crippen molar-refractivity contribution in [2.75, 3.05) is 34.9 Å². The smallest absolute Gasteiger partial charge is 0.255 e. The third kappa shape index (κ3) is 5.02. The molecule has 0 atom stereocenters. The predicted octanol–water partition coefficient (Wildman–Crippen LogP) is 2.19. The van der Waals surface area contributed by atoms with Crippen LogP contribution < -0.4 is 14.8 Å². The lowest BCUT2D eigenvalue weighted by Crippen LogP contribution is -2.24. The second-order valence-electron chi connectivity index (χ2n) is 5.80. The van der Waals surface area contributed by atoms with Crippen molar-refractivity contribution in [3.05, 3.63) is 59.2 Å². The van der Waals surface area contributed by atoms with E-state index in [-0.39, 0.29) is 18.4 Å². The maximum Gasteiger partial charge on any atom is 0.255 e. The van der Waals surface area contributed by atoms with Crippen LogP contribution in [0.4, 0.5) is 0 Å². The van der Waals surface area contributed by atoms with Gasteiger partial charge < -0.3 is 19.7 Å². The molecule has 0 radical (unpaired) electrons. The highest BCUT2D eigenvalue weighted by molar-refractivity contribution is 5.98. The fourth-order valence-corrected chi connectivity index (χ4v) is 2.39. The Morgan fingerprint density at radius 2 is 1.74 bits per heavy atom. The van der Waals surface area contributed by atoms with Gasteiger partial charge in [0.15, 0.2) is 11.5 Å². The molecule has 0 spiro atoms. The molecule has 140 valence electrons. The summed E-state index contributed by atoms with van der Waals surface area (Å²) in [6, 6.07) is 12.1. The molecule has 0 unspecified atom stereocenters. The van der Waals surface area contributed by atoms with E-state index in [1.54, 1.807) is 56.6 Å². The van der Waals surface area contributed by atoms with Crippen LogP contribution in [0.3, 0.4) is 0 Å². The zero-order valence-electron chi connectivity index (χ0n) is 15.8. The highest BCUT2D eigenvalue weighted by Crippen LogP contribution is 2.30. The Bertz CT molecular complexity index is 877. The van der Waals surface area contributed by atoms with E-state index >= 15 is 0 Å². The zero-order chi connectivity index (χ0) is 19.8. The number of benzene rings is 2. The number of carbonyl (C=O) groups is 2. The first-order valence-corrected chi connectivity index (χ1v) is 8.27. The average molecular weight is 366 g/mol. The number of methoxy groups -OCH3 is 2. The van der Waals surface area contributed by atoms with Crippen molar-refractivity contribution in [2.45, 2.75) is 0 Å². The summed E-state index contributed by atoms with van der Waals surface area (Å²) in [6.45, 7) is 0.178. The van der Waals surface area contributed by atoms with Crippen molar-refractivity contribution in [3.8, 4) is 23.3 Å². The van der Waals surface area contributed by atoms with Gasteiger partial charge in [-0.1, -0.05) is 17.9 Å². The maximum absolute atomic E-state index is 12.3. The number of ether oxygens (including phenoxy) is 2. The normalized spacial score (nSPS) is 9.63. The van der Waals surface area contributed by atoms with E-state index in [2.05, 4.69) is 17.2 Å². The van der Waals surface area contributed by atoms with E-state index in [9.17, 15) is 9.59 Å². The van der Waals surface area contributed by atoms with Gasteiger partial charge in [-0.25, -0.2) is 0 Å². The van der Waals surface area contributed by atoms with E-state index in [4.69, 9.17) is 9.47 Å². The summed E-state index contributed by atoms with van der Waals surface area (Å²) in [6.07, 6.45) is 0. The second-order valence-corrected chi connectivity index (χ2v) is 5.80. The maximum atomic E-state index is 12.3. The number of amides is 2. The summed E-state index contributed by atoms with van der Waals surface area (Å²) in [5.74, 6) is 6.35. The second kappa shape index (κ2) is 9.30. The van der Waals surface area contributed by atoms with Crippen LogP contribution in [0.1, 0.15) is 26.3 Å². The number of rotatable bonds is 5. The third-order valence-electron chi connectivity index (χ3n) is 3.76. The van der Waals surface area contributed by atoms with Crippen LogP contribution >= 0.6 is 0 Å². The van der Waals surface area contributed by atoms with E-state index in [0.717, 1.165) is 5.56 Å². The van der Waals surface area contributed by atoms with Gasteiger partial charge in [-0.05, 0) is 36.4 Å². The fourth-order valence-electron chi connectivity index (χ4n) is 2.39. The minimum atomic E-state index is -0.299. The average Bonchev–Trinajstić information content (AvgIpc) is 2.70. The van der Waals surface area contributed by atoms with E-state index < -0.39 is 0 Å². The quantitative estimate of drug-likeness (QED) is 0.824. The molecule has 0 fully saturated rings. The molecule has 0 aliphatic rings. The standard InChI is InChI=1S/C21H22N2O4/c1-23(2)21(25)16-12-10-15(11-13-16)7-6-14-22-20(24)17-8-5-9-18(26-3)19(17)27-4/h5,8-13H,14H2,1-4H3,(H,22,24). The molecule has 0 aliphatic heterocycles. The molecule has 6 heteroatoms. The Balaban J connectivity index is 1.99. The van der Waals surface area contributed by atoms with E-state index in [1.807, 2.05) is 0 Å². The first kappa shape index (κ1) is 19.9. The van der Waals surface area contributed by atoms with E-state index in [0.29, 0.717) is 22.6 Å². The first-order chi connectivity index (χ1) is 13.0. The molecule has 1 N–H and O–H groups in total. The molecule has 27 heavy (non-hydrogen) atoms. The molecule has 0 aliphatic carbocycles. The predicted molar refractivity (Wildman–Crippen MR) is 103 cm³/mol. The molecule has 0 heterocycles. The molecule has 2 amide bonds. The molecule has 2 aromatic rings. The molecule has 0 saturated heterocycles. The molecule has 0 aromatic heterocycles. The lowest BCUT2D eigenvalue weighted by Gasteiger charge is -2.11. The van der Waals surface area contributed by atoms with Crippen molar-refractivity contribution < 1.29 is 19.1 Å². The topological polar surface area (TPSA) is 67.9 Å². The summed E-state index contributed by atoms with van der Waals surface area (Å²) in [7, 11) is 6.41. The monoisotopic (exact) mass is 366 g/mol. The Labute approximate surface area is 159 Å². The summed E-state index contributed by atoms with van der Waals surface area (Å²) in [4.78, 5) is 25.7. The number of para-hydroxylation sites is 1. The van der Waals surface area contributed by atoms with Crippen molar-refractivity contribution in [1.29, 1.82) is 0 Å². The van der Waals surface area contributed by atoms with Gasteiger partial charge in [-0.2, -0.15) is 0 Å². The van der Waals surface area contributed by atoms with Crippen LogP contribution in [-0.4, -0.2) is 51.6 Å². The molecule has 0 bridgehead atoms. The van der Waals surface area contributed by atoms with Crippen LogP contribution in [0.15, 0.2) is 42.5 Å². The highest BCUT2D eigenvalue weighted by Gasteiger charge is 2.15. The first-order valence-electron chi connectivity index (χ1n) is 8.27. The molecule has 2 rings (SSSR count). The minimum Gasteiger partial charge on any atom is -0.493 e. The highest BCUT2D eigenvalue weighted by atomic mass is 16.5. The van der Waals surface area contributed by atoms with Crippen molar-refractivity contribution in [2.24, 2.45) is 0 Å². The molecule has 2 aromatic carbocycles. The van der Waals surface area contributed by atoms with Gasteiger partial charge >= 0.3 is 0 Å². The summed E-state index contributed by atoms with van der Waals surface area (Å²) in [5, 5.41) is 2.73. The van der Waals surface area contributed by atoms with Crippen molar-refractivity contribution >= 4 is 11.8 Å². The van der Waals surface area contributed by atoms with Gasteiger partial charge in [-0.15, -0.1) is 0 Å². The van der Waals surface area contributed by atoms with Gasteiger partial charge in [0.1, 0.15) is 0 Å². The van der Waals surface area contributed by atoms with Crippen molar-refractivity contribution in [1.82, 2.24) is 10.2 Å². The summed E-state index contributed by atoms with van der Waals surface area (Å²) in [5.41, 5.74) is 1.74. The minimum absolute atomic E-state index is 0.0611. The largest absolute Gasteiger partial charge is 0.493 e. The van der Waals surface area contributed by atoms with Gasteiger partial charge in [-0.3, -0.25) is 9.59 Å². The van der Waals surface area contributed by atoms with Gasteiger partial charge in [0.05, 0.1) is 26.3 Å². The lowest BCUT2D eigenvalue weighted by atomic mass is 10.1.